The summed E-state index contributed by atoms with van der Waals surface area (Å²) in [5.74, 6) is 1.04. The number of hydrogen-bond acceptors (Lipinski definition) is 4. The minimum atomic E-state index is -0.955. The topological polar surface area (TPSA) is 58.9 Å². The summed E-state index contributed by atoms with van der Waals surface area (Å²) in [5, 5.41) is 18.6. The van der Waals surface area contributed by atoms with Crippen LogP contribution in [0.15, 0.2) is 18.2 Å². The Morgan fingerprint density at radius 2 is 2.00 bits per heavy atom. The fourth-order valence-corrected chi connectivity index (χ4v) is 1.42. The average Bonchev–Trinajstić information content (AvgIpc) is 2.27. The molecule has 0 saturated heterocycles. The van der Waals surface area contributed by atoms with Crippen molar-refractivity contribution in [2.75, 3.05) is 13.7 Å². The van der Waals surface area contributed by atoms with Crippen LogP contribution in [0.5, 0.6) is 11.5 Å². The molecule has 0 bridgehead atoms. The van der Waals surface area contributed by atoms with E-state index in [0.29, 0.717) is 17.1 Å². The molecule has 1 atom stereocenters. The van der Waals surface area contributed by atoms with Crippen molar-refractivity contribution < 1.29 is 19.7 Å². The number of aliphatic hydroxyl groups is 2. The highest BCUT2D eigenvalue weighted by molar-refractivity contribution is 5.47. The van der Waals surface area contributed by atoms with Gasteiger partial charge in [-0.25, -0.2) is 0 Å². The molecule has 0 aromatic heterocycles. The lowest BCUT2D eigenvalue weighted by Gasteiger charge is -2.19. The van der Waals surface area contributed by atoms with E-state index in [1.54, 1.807) is 18.2 Å². The molecule has 0 amide bonds. The van der Waals surface area contributed by atoms with Crippen LogP contribution in [0.4, 0.5) is 0 Å². The summed E-state index contributed by atoms with van der Waals surface area (Å²) in [5.41, 5.74) is 0.538. The molecule has 1 aromatic rings. The fourth-order valence-electron chi connectivity index (χ4n) is 1.42. The van der Waals surface area contributed by atoms with Gasteiger partial charge >= 0.3 is 0 Å². The third-order valence-corrected chi connectivity index (χ3v) is 2.11. The Bertz CT molecular complexity index is 336. The highest BCUT2D eigenvalue weighted by Crippen LogP contribution is 2.35. The van der Waals surface area contributed by atoms with Crippen LogP contribution in [-0.4, -0.2) is 30.0 Å². The number of rotatable bonds is 5. The molecule has 0 unspecified atom stereocenters. The average molecular weight is 226 g/mol. The number of aliphatic hydroxyl groups excluding tert-OH is 2. The van der Waals surface area contributed by atoms with Gasteiger partial charge < -0.3 is 19.7 Å². The van der Waals surface area contributed by atoms with Crippen LogP contribution in [0, 0.1) is 0 Å². The Hall–Kier alpha value is -1.26. The zero-order valence-corrected chi connectivity index (χ0v) is 9.80. The molecule has 0 aliphatic carbocycles. The standard InChI is InChI=1S/C12H18O4/c1-8(2)16-12-9(10(14)7-13)5-4-6-11(12)15-3/h4-6,8,10,13-14H,7H2,1-3H3/t10-/m1/s1. The summed E-state index contributed by atoms with van der Waals surface area (Å²) in [6, 6.07) is 5.21. The first-order valence-electron chi connectivity index (χ1n) is 5.22. The number of hydrogen-bond donors (Lipinski definition) is 2. The van der Waals surface area contributed by atoms with Gasteiger partial charge in [-0.3, -0.25) is 0 Å². The first-order chi connectivity index (χ1) is 7.60. The van der Waals surface area contributed by atoms with Crippen molar-refractivity contribution in [1.82, 2.24) is 0 Å². The van der Waals surface area contributed by atoms with Gasteiger partial charge in [0, 0.05) is 5.56 Å². The molecule has 1 rings (SSSR count). The number of benzene rings is 1. The molecule has 0 aliphatic heterocycles. The molecule has 2 N–H and O–H groups in total. The predicted molar refractivity (Wildman–Crippen MR) is 60.8 cm³/mol. The molecule has 4 heteroatoms. The largest absolute Gasteiger partial charge is 0.493 e. The van der Waals surface area contributed by atoms with Crippen LogP contribution >= 0.6 is 0 Å². The highest BCUT2D eigenvalue weighted by Gasteiger charge is 2.17. The van der Waals surface area contributed by atoms with E-state index in [-0.39, 0.29) is 12.7 Å². The van der Waals surface area contributed by atoms with Crippen LogP contribution in [0.1, 0.15) is 25.5 Å². The van der Waals surface area contributed by atoms with E-state index in [9.17, 15) is 5.11 Å². The number of methoxy groups -OCH3 is 1. The molecule has 1 aromatic carbocycles. The second-order valence-corrected chi connectivity index (χ2v) is 3.74. The summed E-state index contributed by atoms with van der Waals surface area (Å²) in [7, 11) is 1.54. The van der Waals surface area contributed by atoms with Gasteiger partial charge in [0.15, 0.2) is 11.5 Å². The van der Waals surface area contributed by atoms with E-state index in [4.69, 9.17) is 14.6 Å². The smallest absolute Gasteiger partial charge is 0.167 e. The van der Waals surface area contributed by atoms with Gasteiger partial charge in [0.05, 0.1) is 19.8 Å². The molecule has 4 nitrogen and oxygen atoms in total. The Labute approximate surface area is 95.4 Å². The molecular weight excluding hydrogens is 208 g/mol. The summed E-state index contributed by atoms with van der Waals surface area (Å²) >= 11 is 0. The molecule has 0 aliphatic rings. The van der Waals surface area contributed by atoms with Gasteiger partial charge in [0.2, 0.25) is 0 Å². The maximum absolute atomic E-state index is 9.66. The van der Waals surface area contributed by atoms with Gasteiger partial charge in [0.25, 0.3) is 0 Å². The fraction of sp³-hybridized carbons (Fsp3) is 0.500. The van der Waals surface area contributed by atoms with Crippen molar-refractivity contribution in [3.8, 4) is 11.5 Å². The van der Waals surface area contributed by atoms with E-state index < -0.39 is 6.10 Å². The minimum Gasteiger partial charge on any atom is -0.493 e. The van der Waals surface area contributed by atoms with Crippen molar-refractivity contribution in [3.63, 3.8) is 0 Å². The van der Waals surface area contributed by atoms with E-state index >= 15 is 0 Å². The van der Waals surface area contributed by atoms with Crippen LogP contribution in [0.25, 0.3) is 0 Å². The van der Waals surface area contributed by atoms with E-state index in [0.717, 1.165) is 0 Å². The lowest BCUT2D eigenvalue weighted by Crippen LogP contribution is -2.12. The maximum Gasteiger partial charge on any atom is 0.167 e. The lowest BCUT2D eigenvalue weighted by molar-refractivity contribution is 0.0905. The predicted octanol–water partition coefficient (Wildman–Crippen LogP) is 1.51. The first-order valence-corrected chi connectivity index (χ1v) is 5.22. The van der Waals surface area contributed by atoms with Gasteiger partial charge in [-0.2, -0.15) is 0 Å². The Morgan fingerprint density at radius 1 is 1.31 bits per heavy atom. The van der Waals surface area contributed by atoms with Crippen LogP contribution in [0.3, 0.4) is 0 Å². The Balaban J connectivity index is 3.14. The lowest BCUT2D eigenvalue weighted by atomic mass is 10.1. The van der Waals surface area contributed by atoms with E-state index in [1.165, 1.54) is 7.11 Å². The summed E-state index contributed by atoms with van der Waals surface area (Å²) in [4.78, 5) is 0. The van der Waals surface area contributed by atoms with Crippen LogP contribution < -0.4 is 9.47 Å². The second kappa shape index (κ2) is 5.72. The SMILES string of the molecule is COc1cccc([C@H](O)CO)c1OC(C)C. The number of para-hydroxylation sites is 1. The Morgan fingerprint density at radius 3 is 2.50 bits per heavy atom. The van der Waals surface area contributed by atoms with Crippen molar-refractivity contribution >= 4 is 0 Å². The van der Waals surface area contributed by atoms with E-state index in [1.807, 2.05) is 13.8 Å². The summed E-state index contributed by atoms with van der Waals surface area (Å²) in [6.45, 7) is 3.44. The maximum atomic E-state index is 9.66. The minimum absolute atomic E-state index is 0.0269. The van der Waals surface area contributed by atoms with Gasteiger partial charge in [0.1, 0.15) is 6.10 Å². The molecule has 90 valence electrons. The van der Waals surface area contributed by atoms with Crippen molar-refractivity contribution in [1.29, 1.82) is 0 Å². The molecule has 0 fully saturated rings. The molecule has 16 heavy (non-hydrogen) atoms. The zero-order valence-electron chi connectivity index (χ0n) is 9.80. The molecular formula is C12H18O4. The van der Waals surface area contributed by atoms with Crippen molar-refractivity contribution in [3.05, 3.63) is 23.8 Å². The molecule has 0 saturated carbocycles. The van der Waals surface area contributed by atoms with Crippen molar-refractivity contribution in [2.24, 2.45) is 0 Å². The van der Waals surface area contributed by atoms with Crippen LogP contribution in [-0.2, 0) is 0 Å². The van der Waals surface area contributed by atoms with Crippen molar-refractivity contribution in [2.45, 2.75) is 26.1 Å². The molecule has 0 spiro atoms. The van der Waals surface area contributed by atoms with Gasteiger partial charge in [-0.05, 0) is 19.9 Å². The summed E-state index contributed by atoms with van der Waals surface area (Å²) in [6.07, 6.45) is -0.982. The molecule has 0 heterocycles. The quantitative estimate of drug-likeness (QED) is 0.799. The van der Waals surface area contributed by atoms with E-state index in [2.05, 4.69) is 0 Å². The monoisotopic (exact) mass is 226 g/mol. The Kier molecular flexibility index (Phi) is 4.58. The number of ether oxygens (including phenoxy) is 2. The summed E-state index contributed by atoms with van der Waals surface area (Å²) < 4.78 is 10.8. The third kappa shape index (κ3) is 2.87. The van der Waals surface area contributed by atoms with Gasteiger partial charge in [-0.15, -0.1) is 0 Å². The van der Waals surface area contributed by atoms with Gasteiger partial charge in [-0.1, -0.05) is 12.1 Å². The van der Waals surface area contributed by atoms with Crippen LogP contribution in [0.2, 0.25) is 0 Å². The normalized spacial score (nSPS) is 12.6. The third-order valence-electron chi connectivity index (χ3n) is 2.11. The molecule has 0 radical (unpaired) electrons. The second-order valence-electron chi connectivity index (χ2n) is 3.74. The highest BCUT2D eigenvalue weighted by atomic mass is 16.5. The zero-order chi connectivity index (χ0) is 12.1. The first kappa shape index (κ1) is 12.8.